The average molecular weight is 539 g/mol. The molecule has 0 N–H and O–H groups in total. The number of benzene rings is 2. The molecule has 0 unspecified atom stereocenters. The molecule has 0 aliphatic heterocycles. The van der Waals surface area contributed by atoms with E-state index in [4.69, 9.17) is 4.74 Å². The highest BCUT2D eigenvalue weighted by molar-refractivity contribution is 5.79. The predicted molar refractivity (Wildman–Crippen MR) is 165 cm³/mol. The number of esters is 1. The van der Waals surface area contributed by atoms with Crippen molar-refractivity contribution in [2.45, 2.75) is 98.0 Å². The molecule has 4 saturated carbocycles. The fourth-order valence-corrected chi connectivity index (χ4v) is 10.6. The molecule has 4 aliphatic rings. The summed E-state index contributed by atoms with van der Waals surface area (Å²) in [6.45, 7) is 9.43. The molecule has 2 aromatic carbocycles. The van der Waals surface area contributed by atoms with Crippen molar-refractivity contribution in [3.63, 3.8) is 0 Å². The Balaban J connectivity index is 1.18. The molecule has 4 aliphatic carbocycles. The first kappa shape index (κ1) is 27.8. The largest absolute Gasteiger partial charge is 0.463 e. The lowest BCUT2D eigenvalue weighted by molar-refractivity contribution is -0.160. The number of carbonyl (C=O) groups is 1. The van der Waals surface area contributed by atoms with E-state index < -0.39 is 0 Å². The van der Waals surface area contributed by atoms with Crippen LogP contribution in [0.2, 0.25) is 0 Å². The zero-order chi connectivity index (χ0) is 27.9. The van der Waals surface area contributed by atoms with Gasteiger partial charge in [0.25, 0.3) is 0 Å². The van der Waals surface area contributed by atoms with Crippen LogP contribution in [-0.4, -0.2) is 12.1 Å². The molecule has 2 heteroatoms. The van der Waals surface area contributed by atoms with E-state index in [0.29, 0.717) is 16.7 Å². The Hall–Kier alpha value is -2.35. The van der Waals surface area contributed by atoms with Gasteiger partial charge < -0.3 is 4.74 Å². The highest BCUT2D eigenvalue weighted by atomic mass is 16.5. The Kier molecular flexibility index (Phi) is 7.75. The Labute approximate surface area is 243 Å². The summed E-state index contributed by atoms with van der Waals surface area (Å²) in [6, 6.07) is 21.9. The molecule has 4 fully saturated rings. The molecule has 0 amide bonds. The normalized spacial score (nSPS) is 37.4. The van der Waals surface area contributed by atoms with Crippen LogP contribution in [0.3, 0.4) is 0 Å². The van der Waals surface area contributed by atoms with Gasteiger partial charge in [-0.2, -0.15) is 0 Å². The molecular formula is C38H50O2. The van der Waals surface area contributed by atoms with Crippen molar-refractivity contribution in [1.29, 1.82) is 0 Å². The van der Waals surface area contributed by atoms with Crippen molar-refractivity contribution in [1.82, 2.24) is 0 Å². The van der Waals surface area contributed by atoms with Gasteiger partial charge in [-0.15, -0.1) is 0 Å². The molecule has 214 valence electrons. The third-order valence-corrected chi connectivity index (χ3v) is 12.6. The third kappa shape index (κ3) is 4.99. The molecule has 2 nitrogen and oxygen atoms in total. The topological polar surface area (TPSA) is 26.3 Å². The van der Waals surface area contributed by atoms with Gasteiger partial charge in [0.1, 0.15) is 6.10 Å². The number of carbonyl (C=O) groups excluding carboxylic acids is 1. The molecule has 0 aromatic heterocycles. The second kappa shape index (κ2) is 11.1. The summed E-state index contributed by atoms with van der Waals surface area (Å²) in [4.78, 5) is 11.6. The van der Waals surface area contributed by atoms with Crippen LogP contribution >= 0.6 is 0 Å². The molecule has 0 radical (unpaired) electrons. The zero-order valence-corrected chi connectivity index (χ0v) is 25.3. The van der Waals surface area contributed by atoms with E-state index in [1.807, 2.05) is 0 Å². The first-order valence-corrected chi connectivity index (χ1v) is 16.3. The standard InChI is InChI=1S/C38H50O2/c1-26(15-17-32(28-11-7-5-8-12-28)29-13-9-6-10-14-29)34-19-20-35-33-18-16-30-25-31(40-27(2)39)21-23-37(30,3)36(33)22-24-38(34,35)4/h5-14,17,26,30-31,33-36H,15-16,18-25H2,1-4H3/t26-,30+,31+,33+,34-,35+,36+,37+,38-/m1/s1. The lowest BCUT2D eigenvalue weighted by atomic mass is 9.44. The minimum absolute atomic E-state index is 0.101. The van der Waals surface area contributed by atoms with E-state index in [-0.39, 0.29) is 12.1 Å². The van der Waals surface area contributed by atoms with Gasteiger partial charge in [-0.3, -0.25) is 4.79 Å². The van der Waals surface area contributed by atoms with Gasteiger partial charge >= 0.3 is 5.97 Å². The van der Waals surface area contributed by atoms with Crippen LogP contribution in [0, 0.1) is 46.3 Å². The molecule has 0 spiro atoms. The van der Waals surface area contributed by atoms with E-state index in [9.17, 15) is 4.79 Å². The number of rotatable bonds is 6. The lowest BCUT2D eigenvalue weighted by Gasteiger charge is -2.61. The predicted octanol–water partition coefficient (Wildman–Crippen LogP) is 9.74. The molecule has 40 heavy (non-hydrogen) atoms. The maximum atomic E-state index is 11.6. The van der Waals surface area contributed by atoms with Gasteiger partial charge in [-0.1, -0.05) is 87.5 Å². The Morgan fingerprint density at radius 3 is 2.12 bits per heavy atom. The summed E-state index contributed by atoms with van der Waals surface area (Å²) < 4.78 is 5.70. The number of allylic oxidation sites excluding steroid dienone is 1. The van der Waals surface area contributed by atoms with Crippen molar-refractivity contribution in [3.05, 3.63) is 77.9 Å². The Morgan fingerprint density at radius 1 is 0.850 bits per heavy atom. The first-order valence-electron chi connectivity index (χ1n) is 16.3. The van der Waals surface area contributed by atoms with Gasteiger partial charge in [0.2, 0.25) is 0 Å². The van der Waals surface area contributed by atoms with E-state index in [1.165, 1.54) is 61.6 Å². The number of fused-ring (bicyclic) bond motifs is 5. The van der Waals surface area contributed by atoms with Crippen LogP contribution < -0.4 is 0 Å². The molecular weight excluding hydrogens is 488 g/mol. The lowest BCUT2D eigenvalue weighted by Crippen LogP contribution is -2.54. The summed E-state index contributed by atoms with van der Waals surface area (Å²) in [5.74, 6) is 4.77. The fourth-order valence-electron chi connectivity index (χ4n) is 10.6. The smallest absolute Gasteiger partial charge is 0.302 e. The minimum Gasteiger partial charge on any atom is -0.463 e. The summed E-state index contributed by atoms with van der Waals surface area (Å²) in [7, 11) is 0. The molecule has 0 saturated heterocycles. The SMILES string of the molecule is CC(=O)O[C@H]1CC[C@@]2(C)[C@@H](CC[C@@H]3[C@@H]2CC[C@]2(C)[C@@H]([C@H](C)CC=C(c4ccccc4)c4ccccc4)CC[C@@H]32)C1. The van der Waals surface area contributed by atoms with Crippen LogP contribution in [-0.2, 0) is 9.53 Å². The first-order chi connectivity index (χ1) is 19.3. The monoisotopic (exact) mass is 538 g/mol. The highest BCUT2D eigenvalue weighted by Crippen LogP contribution is 2.68. The molecule has 6 rings (SSSR count). The Bertz CT molecular complexity index is 1160. The fraction of sp³-hybridized carbons (Fsp3) is 0.605. The van der Waals surface area contributed by atoms with Crippen LogP contribution in [0.1, 0.15) is 103 Å². The van der Waals surface area contributed by atoms with Crippen molar-refractivity contribution in [2.24, 2.45) is 46.3 Å². The second-order valence-electron chi connectivity index (χ2n) is 14.5. The van der Waals surface area contributed by atoms with Gasteiger partial charge in [-0.05, 0) is 127 Å². The van der Waals surface area contributed by atoms with E-state index in [0.717, 1.165) is 48.9 Å². The average Bonchev–Trinajstić information content (AvgIpc) is 3.31. The number of hydrogen-bond donors (Lipinski definition) is 0. The summed E-state index contributed by atoms with van der Waals surface area (Å²) >= 11 is 0. The van der Waals surface area contributed by atoms with Crippen LogP contribution in [0.5, 0.6) is 0 Å². The third-order valence-electron chi connectivity index (χ3n) is 12.6. The van der Waals surface area contributed by atoms with Crippen molar-refractivity contribution in [3.8, 4) is 0 Å². The van der Waals surface area contributed by atoms with Gasteiger partial charge in [0, 0.05) is 6.92 Å². The van der Waals surface area contributed by atoms with E-state index in [2.05, 4.69) is 87.5 Å². The van der Waals surface area contributed by atoms with Crippen molar-refractivity contribution < 1.29 is 9.53 Å². The molecule has 0 heterocycles. The second-order valence-corrected chi connectivity index (χ2v) is 14.5. The molecule has 2 aromatic rings. The van der Waals surface area contributed by atoms with Crippen molar-refractivity contribution in [2.75, 3.05) is 0 Å². The quantitative estimate of drug-likeness (QED) is 0.342. The van der Waals surface area contributed by atoms with Crippen LogP contribution in [0.15, 0.2) is 66.7 Å². The van der Waals surface area contributed by atoms with Gasteiger partial charge in [-0.25, -0.2) is 0 Å². The van der Waals surface area contributed by atoms with Crippen molar-refractivity contribution >= 4 is 11.5 Å². The number of hydrogen-bond acceptors (Lipinski definition) is 2. The highest BCUT2D eigenvalue weighted by Gasteiger charge is 2.60. The Morgan fingerprint density at radius 2 is 1.48 bits per heavy atom. The minimum atomic E-state index is -0.101. The van der Waals surface area contributed by atoms with Crippen LogP contribution in [0.25, 0.3) is 5.57 Å². The summed E-state index contributed by atoms with van der Waals surface area (Å²) in [6.07, 6.45) is 15.6. The van der Waals surface area contributed by atoms with Crippen LogP contribution in [0.4, 0.5) is 0 Å². The molecule has 9 atom stereocenters. The van der Waals surface area contributed by atoms with E-state index in [1.54, 1.807) is 6.92 Å². The van der Waals surface area contributed by atoms with Gasteiger partial charge in [0.05, 0.1) is 0 Å². The molecule has 0 bridgehead atoms. The zero-order valence-electron chi connectivity index (χ0n) is 25.3. The number of ether oxygens (including phenoxy) is 1. The maximum Gasteiger partial charge on any atom is 0.302 e. The van der Waals surface area contributed by atoms with E-state index >= 15 is 0 Å². The van der Waals surface area contributed by atoms with Gasteiger partial charge in [0.15, 0.2) is 0 Å². The maximum absolute atomic E-state index is 11.6. The summed E-state index contributed by atoms with van der Waals surface area (Å²) in [5.41, 5.74) is 4.95. The summed E-state index contributed by atoms with van der Waals surface area (Å²) in [5, 5.41) is 0.